The Morgan fingerprint density at radius 2 is 2.06 bits per heavy atom. The number of fused-ring (bicyclic) bond motifs is 1. The second-order valence-electron chi connectivity index (χ2n) is 3.67. The summed E-state index contributed by atoms with van der Waals surface area (Å²) in [6.07, 6.45) is -1.06. The van der Waals surface area contributed by atoms with Crippen LogP contribution in [0.15, 0.2) is 21.0 Å². The lowest BCUT2D eigenvalue weighted by molar-refractivity contribution is -0.0899. The minimum atomic E-state index is -1.06. The smallest absolute Gasteiger partial charge is 0.214 e. The molecule has 2 aromatic rings. The van der Waals surface area contributed by atoms with E-state index in [0.717, 1.165) is 21.2 Å². The maximum atomic E-state index is 9.67. The molecule has 1 aromatic heterocycles. The third-order valence-corrected chi connectivity index (χ3v) is 3.28. The van der Waals surface area contributed by atoms with Crippen LogP contribution in [0.5, 0.6) is 5.75 Å². The number of ether oxygens (including phenoxy) is 2. The van der Waals surface area contributed by atoms with E-state index in [1.165, 1.54) is 7.11 Å². The van der Waals surface area contributed by atoms with Crippen LogP contribution in [0.4, 0.5) is 0 Å². The SMILES string of the molecule is COc1cc(Br)c2oc(C(O)OC)c(C)c2c1. The largest absolute Gasteiger partial charge is 0.497 e. The van der Waals surface area contributed by atoms with Crippen LogP contribution in [-0.4, -0.2) is 19.3 Å². The van der Waals surface area contributed by atoms with Gasteiger partial charge in [-0.25, -0.2) is 0 Å². The molecular formula is C12H13BrO4. The van der Waals surface area contributed by atoms with Gasteiger partial charge >= 0.3 is 0 Å². The van der Waals surface area contributed by atoms with Crippen molar-refractivity contribution >= 4 is 26.9 Å². The van der Waals surface area contributed by atoms with Gasteiger partial charge in [0.1, 0.15) is 11.3 Å². The zero-order chi connectivity index (χ0) is 12.6. The minimum absolute atomic E-state index is 0.413. The number of aryl methyl sites for hydroxylation is 1. The van der Waals surface area contributed by atoms with Crippen molar-refractivity contribution < 1.29 is 19.0 Å². The summed E-state index contributed by atoms with van der Waals surface area (Å²) in [5.74, 6) is 1.14. The fraction of sp³-hybridized carbons (Fsp3) is 0.333. The second kappa shape index (κ2) is 4.68. The van der Waals surface area contributed by atoms with E-state index >= 15 is 0 Å². The molecule has 1 unspecified atom stereocenters. The number of hydrogen-bond acceptors (Lipinski definition) is 4. The van der Waals surface area contributed by atoms with Gasteiger partial charge in [0, 0.05) is 18.1 Å². The van der Waals surface area contributed by atoms with E-state index in [9.17, 15) is 5.11 Å². The maximum Gasteiger partial charge on any atom is 0.214 e. The number of rotatable bonds is 3. The topological polar surface area (TPSA) is 51.8 Å². The van der Waals surface area contributed by atoms with Crippen LogP contribution in [0.1, 0.15) is 17.6 Å². The van der Waals surface area contributed by atoms with Crippen molar-refractivity contribution in [2.45, 2.75) is 13.2 Å². The Morgan fingerprint density at radius 1 is 1.35 bits per heavy atom. The highest BCUT2D eigenvalue weighted by atomic mass is 79.9. The normalized spacial score (nSPS) is 13.0. The lowest BCUT2D eigenvalue weighted by atomic mass is 10.1. The molecular weight excluding hydrogens is 288 g/mol. The van der Waals surface area contributed by atoms with Gasteiger partial charge in [0.15, 0.2) is 5.76 Å². The Balaban J connectivity index is 2.69. The first-order valence-corrected chi connectivity index (χ1v) is 5.85. The van der Waals surface area contributed by atoms with E-state index in [1.54, 1.807) is 7.11 Å². The summed E-state index contributed by atoms with van der Waals surface area (Å²) < 4.78 is 16.4. The van der Waals surface area contributed by atoms with E-state index in [2.05, 4.69) is 15.9 Å². The molecule has 0 saturated heterocycles. The fourth-order valence-electron chi connectivity index (χ4n) is 1.73. The Bertz CT molecular complexity index is 547. The van der Waals surface area contributed by atoms with Gasteiger partial charge in [-0.1, -0.05) is 0 Å². The Morgan fingerprint density at radius 3 is 2.65 bits per heavy atom. The van der Waals surface area contributed by atoms with Crippen LogP contribution in [0, 0.1) is 6.92 Å². The zero-order valence-corrected chi connectivity index (χ0v) is 11.4. The first-order valence-electron chi connectivity index (χ1n) is 5.06. The summed E-state index contributed by atoms with van der Waals surface area (Å²) in [4.78, 5) is 0. The zero-order valence-electron chi connectivity index (χ0n) is 9.78. The van der Waals surface area contributed by atoms with Gasteiger partial charge < -0.3 is 19.0 Å². The van der Waals surface area contributed by atoms with Crippen LogP contribution in [0.2, 0.25) is 0 Å². The first-order chi connectivity index (χ1) is 8.08. The van der Waals surface area contributed by atoms with E-state index in [1.807, 2.05) is 19.1 Å². The van der Waals surface area contributed by atoms with Gasteiger partial charge in [0.2, 0.25) is 6.29 Å². The average Bonchev–Trinajstić information content (AvgIpc) is 2.67. The number of methoxy groups -OCH3 is 2. The molecule has 5 heteroatoms. The van der Waals surface area contributed by atoms with Crippen molar-refractivity contribution in [3.63, 3.8) is 0 Å². The van der Waals surface area contributed by atoms with Gasteiger partial charge in [-0.3, -0.25) is 0 Å². The van der Waals surface area contributed by atoms with Crippen molar-refractivity contribution in [3.05, 3.63) is 27.9 Å². The van der Waals surface area contributed by atoms with Gasteiger partial charge in [-0.05, 0) is 35.0 Å². The molecule has 0 aliphatic heterocycles. The molecule has 4 nitrogen and oxygen atoms in total. The molecule has 0 aliphatic rings. The van der Waals surface area contributed by atoms with Crippen LogP contribution in [0.25, 0.3) is 11.0 Å². The summed E-state index contributed by atoms with van der Waals surface area (Å²) in [6, 6.07) is 3.68. The molecule has 1 aromatic carbocycles. The summed E-state index contributed by atoms with van der Waals surface area (Å²) in [5.41, 5.74) is 1.52. The predicted molar refractivity (Wildman–Crippen MR) is 67.2 cm³/mol. The highest BCUT2D eigenvalue weighted by Crippen LogP contribution is 2.36. The average molecular weight is 301 g/mol. The maximum absolute atomic E-state index is 9.67. The molecule has 1 heterocycles. The number of furan rings is 1. The lowest BCUT2D eigenvalue weighted by Crippen LogP contribution is -1.98. The van der Waals surface area contributed by atoms with E-state index in [-0.39, 0.29) is 0 Å². The van der Waals surface area contributed by atoms with Crippen LogP contribution < -0.4 is 4.74 Å². The molecule has 0 aliphatic carbocycles. The first kappa shape index (κ1) is 12.4. The lowest BCUT2D eigenvalue weighted by Gasteiger charge is -2.04. The van der Waals surface area contributed by atoms with Crippen LogP contribution in [0.3, 0.4) is 0 Å². The standard InChI is InChI=1S/C12H13BrO4/c1-6-8-4-7(15-2)5-9(13)11(8)17-10(6)12(14)16-3/h4-5,12,14H,1-3H3. The van der Waals surface area contributed by atoms with E-state index in [0.29, 0.717) is 11.3 Å². The molecule has 0 radical (unpaired) electrons. The second-order valence-corrected chi connectivity index (χ2v) is 4.52. The van der Waals surface area contributed by atoms with Crippen molar-refractivity contribution in [1.29, 1.82) is 0 Å². The summed E-state index contributed by atoms with van der Waals surface area (Å²) >= 11 is 3.41. The number of aliphatic hydroxyl groups excluding tert-OH is 1. The number of aliphatic hydroxyl groups is 1. The summed E-state index contributed by atoms with van der Waals surface area (Å²) in [5, 5.41) is 10.6. The monoisotopic (exact) mass is 300 g/mol. The van der Waals surface area contributed by atoms with Crippen molar-refractivity contribution in [3.8, 4) is 5.75 Å². The summed E-state index contributed by atoms with van der Waals surface area (Å²) in [7, 11) is 3.03. The molecule has 92 valence electrons. The number of benzene rings is 1. The summed E-state index contributed by atoms with van der Waals surface area (Å²) in [6.45, 7) is 1.87. The third-order valence-electron chi connectivity index (χ3n) is 2.69. The minimum Gasteiger partial charge on any atom is -0.497 e. The van der Waals surface area contributed by atoms with Crippen LogP contribution in [-0.2, 0) is 4.74 Å². The molecule has 2 rings (SSSR count). The molecule has 1 N–H and O–H groups in total. The van der Waals surface area contributed by atoms with Crippen molar-refractivity contribution in [2.75, 3.05) is 14.2 Å². The fourth-order valence-corrected chi connectivity index (χ4v) is 2.25. The van der Waals surface area contributed by atoms with Gasteiger partial charge in [0.05, 0.1) is 11.6 Å². The van der Waals surface area contributed by atoms with Gasteiger partial charge in [-0.2, -0.15) is 0 Å². The molecule has 0 saturated carbocycles. The molecule has 17 heavy (non-hydrogen) atoms. The molecule has 0 spiro atoms. The predicted octanol–water partition coefficient (Wildman–Crippen LogP) is 3.15. The van der Waals surface area contributed by atoms with Crippen molar-refractivity contribution in [1.82, 2.24) is 0 Å². The van der Waals surface area contributed by atoms with E-state index in [4.69, 9.17) is 13.9 Å². The highest BCUT2D eigenvalue weighted by Gasteiger charge is 2.19. The molecule has 0 fully saturated rings. The van der Waals surface area contributed by atoms with Gasteiger partial charge in [0.25, 0.3) is 0 Å². The quantitative estimate of drug-likeness (QED) is 0.885. The number of halogens is 1. The highest BCUT2D eigenvalue weighted by molar-refractivity contribution is 9.10. The van der Waals surface area contributed by atoms with Crippen molar-refractivity contribution in [2.24, 2.45) is 0 Å². The Kier molecular flexibility index (Phi) is 3.42. The third kappa shape index (κ3) is 2.06. The number of hydrogen-bond donors (Lipinski definition) is 1. The van der Waals surface area contributed by atoms with Gasteiger partial charge in [-0.15, -0.1) is 0 Å². The Labute approximate surface area is 107 Å². The molecule has 0 amide bonds. The van der Waals surface area contributed by atoms with E-state index < -0.39 is 6.29 Å². The Hall–Kier alpha value is -1.04. The molecule has 1 atom stereocenters. The molecule has 0 bridgehead atoms. The van der Waals surface area contributed by atoms with Crippen LogP contribution >= 0.6 is 15.9 Å².